The first-order valence-electron chi connectivity index (χ1n) is 10.5. The number of carbonyl (C=O) groups is 1. The third kappa shape index (κ3) is 5.43. The number of nitro groups is 2. The molecule has 0 saturated heterocycles. The van der Waals surface area contributed by atoms with Crippen LogP contribution in [-0.4, -0.2) is 30.0 Å². The van der Waals surface area contributed by atoms with Crippen LogP contribution in [0.1, 0.15) is 11.1 Å². The minimum Gasteiger partial charge on any atom is -0.497 e. The molecule has 3 aromatic carbocycles. The molecule has 11 nitrogen and oxygen atoms in total. The molecule has 1 aliphatic heterocycles. The van der Waals surface area contributed by atoms with Gasteiger partial charge < -0.3 is 18.9 Å². The van der Waals surface area contributed by atoms with Crippen molar-refractivity contribution in [1.29, 1.82) is 0 Å². The highest BCUT2D eigenvalue weighted by Crippen LogP contribution is 2.43. The Bertz CT molecular complexity index is 1480. The van der Waals surface area contributed by atoms with Gasteiger partial charge >= 0.3 is 11.7 Å². The third-order valence-electron chi connectivity index (χ3n) is 5.24. The molecule has 0 unspecified atom stereocenters. The molecule has 0 spiro atoms. The fraction of sp³-hybridized carbons (Fsp3) is 0.0800. The first-order valence-corrected chi connectivity index (χ1v) is 11.3. The van der Waals surface area contributed by atoms with Crippen molar-refractivity contribution in [3.05, 3.63) is 102 Å². The van der Waals surface area contributed by atoms with Crippen molar-refractivity contribution in [2.75, 3.05) is 14.2 Å². The van der Waals surface area contributed by atoms with Gasteiger partial charge in [-0.25, -0.2) is 4.79 Å². The summed E-state index contributed by atoms with van der Waals surface area (Å²) in [7, 11) is 2.93. The van der Waals surface area contributed by atoms with Gasteiger partial charge in [-0.05, 0) is 76.1 Å². The molecule has 0 radical (unpaired) electrons. The van der Waals surface area contributed by atoms with Crippen LogP contribution >= 0.6 is 15.9 Å². The third-order valence-corrected chi connectivity index (χ3v) is 5.82. The van der Waals surface area contributed by atoms with E-state index in [1.807, 2.05) is 0 Å². The standard InChI is InChI=1S/C25H17BrN2O9/c1-34-18-6-3-15(4-7-18)22-12-16(25(29)37-22)9-14-10-19(26)24(23(11-14)35-2)36-21-8-5-17(27(30)31)13-20(21)28(32)33/h3-13H,1-2H3/b16-9+. The molecule has 0 bridgehead atoms. The number of halogens is 1. The van der Waals surface area contributed by atoms with E-state index in [4.69, 9.17) is 18.9 Å². The second kappa shape index (κ2) is 10.5. The maximum Gasteiger partial charge on any atom is 0.343 e. The number of nitrogens with zero attached hydrogens (tertiary/aromatic N) is 2. The lowest BCUT2D eigenvalue weighted by Gasteiger charge is -2.13. The number of hydrogen-bond acceptors (Lipinski definition) is 9. The first-order chi connectivity index (χ1) is 17.7. The van der Waals surface area contributed by atoms with Gasteiger partial charge in [-0.15, -0.1) is 0 Å². The van der Waals surface area contributed by atoms with E-state index in [1.54, 1.807) is 55.7 Å². The lowest BCUT2D eigenvalue weighted by Crippen LogP contribution is -1.99. The molecule has 188 valence electrons. The topological polar surface area (TPSA) is 140 Å². The quantitative estimate of drug-likeness (QED) is 0.137. The van der Waals surface area contributed by atoms with Crippen LogP contribution in [0, 0.1) is 20.2 Å². The summed E-state index contributed by atoms with van der Waals surface area (Å²) in [5.74, 6) is 0.595. The van der Waals surface area contributed by atoms with Crippen molar-refractivity contribution in [1.82, 2.24) is 0 Å². The fourth-order valence-corrected chi connectivity index (χ4v) is 3.99. The van der Waals surface area contributed by atoms with Crippen molar-refractivity contribution in [3.63, 3.8) is 0 Å². The molecule has 1 aliphatic rings. The van der Waals surface area contributed by atoms with Crippen molar-refractivity contribution in [2.45, 2.75) is 0 Å². The van der Waals surface area contributed by atoms with Gasteiger partial charge in [0.15, 0.2) is 11.5 Å². The number of benzene rings is 3. The van der Waals surface area contributed by atoms with Gasteiger partial charge in [-0.2, -0.15) is 0 Å². The summed E-state index contributed by atoms with van der Waals surface area (Å²) >= 11 is 3.37. The average molecular weight is 569 g/mol. The number of hydrogen-bond donors (Lipinski definition) is 0. The highest BCUT2D eigenvalue weighted by Gasteiger charge is 2.25. The normalized spacial score (nSPS) is 13.6. The van der Waals surface area contributed by atoms with Crippen LogP contribution in [0.15, 0.2) is 70.7 Å². The molecule has 0 aliphatic carbocycles. The van der Waals surface area contributed by atoms with Crippen LogP contribution in [0.5, 0.6) is 23.0 Å². The summed E-state index contributed by atoms with van der Waals surface area (Å²) in [5, 5.41) is 22.5. The maximum atomic E-state index is 12.5. The van der Waals surface area contributed by atoms with E-state index >= 15 is 0 Å². The molecule has 0 fully saturated rings. The van der Waals surface area contributed by atoms with E-state index in [9.17, 15) is 25.0 Å². The monoisotopic (exact) mass is 568 g/mol. The fourth-order valence-electron chi connectivity index (χ4n) is 3.45. The van der Waals surface area contributed by atoms with E-state index in [-0.39, 0.29) is 17.2 Å². The minimum absolute atomic E-state index is 0.102. The van der Waals surface area contributed by atoms with Gasteiger partial charge in [0.25, 0.3) is 5.69 Å². The van der Waals surface area contributed by atoms with E-state index in [0.29, 0.717) is 32.7 Å². The predicted octanol–water partition coefficient (Wildman–Crippen LogP) is 6.06. The Morgan fingerprint density at radius 2 is 1.65 bits per heavy atom. The van der Waals surface area contributed by atoms with Gasteiger partial charge in [0.1, 0.15) is 11.5 Å². The van der Waals surface area contributed by atoms with Crippen LogP contribution in [0.25, 0.3) is 11.8 Å². The van der Waals surface area contributed by atoms with Crippen LogP contribution in [0.4, 0.5) is 11.4 Å². The van der Waals surface area contributed by atoms with Crippen molar-refractivity contribution >= 4 is 45.1 Å². The molecule has 0 N–H and O–H groups in total. The first kappa shape index (κ1) is 25.4. The van der Waals surface area contributed by atoms with Crippen LogP contribution < -0.4 is 14.2 Å². The van der Waals surface area contributed by atoms with Crippen LogP contribution in [-0.2, 0) is 9.53 Å². The van der Waals surface area contributed by atoms with Crippen molar-refractivity contribution in [3.8, 4) is 23.0 Å². The number of nitro benzene ring substituents is 2. The van der Waals surface area contributed by atoms with E-state index < -0.39 is 27.2 Å². The molecule has 0 atom stereocenters. The summed E-state index contributed by atoms with van der Waals surface area (Å²) < 4.78 is 22.0. The van der Waals surface area contributed by atoms with Gasteiger partial charge in [0.05, 0.1) is 40.2 Å². The molecule has 3 aromatic rings. The Hall–Kier alpha value is -4.71. The molecule has 4 rings (SSSR count). The molecule has 12 heteroatoms. The van der Waals surface area contributed by atoms with Crippen LogP contribution in [0.3, 0.4) is 0 Å². The smallest absolute Gasteiger partial charge is 0.343 e. The summed E-state index contributed by atoms with van der Waals surface area (Å²) in [6.07, 6.45) is 3.19. The number of ether oxygens (including phenoxy) is 4. The zero-order valence-electron chi connectivity index (χ0n) is 19.3. The van der Waals surface area contributed by atoms with Gasteiger partial charge in [0, 0.05) is 11.6 Å². The van der Waals surface area contributed by atoms with E-state index in [0.717, 1.165) is 18.2 Å². The SMILES string of the molecule is COc1ccc(C2=C/C(=C\c3cc(Br)c(Oc4ccc([N+](=O)[O-])cc4[N+](=O)[O-])c(OC)c3)C(=O)O2)cc1. The number of esters is 1. The Morgan fingerprint density at radius 3 is 2.27 bits per heavy atom. The molecular formula is C25H17BrN2O9. The minimum atomic E-state index is -0.778. The molecule has 0 saturated carbocycles. The highest BCUT2D eigenvalue weighted by molar-refractivity contribution is 9.10. The Kier molecular flexibility index (Phi) is 7.20. The number of methoxy groups -OCH3 is 2. The highest BCUT2D eigenvalue weighted by atomic mass is 79.9. The maximum absolute atomic E-state index is 12.5. The molecular weight excluding hydrogens is 552 g/mol. The molecule has 1 heterocycles. The van der Waals surface area contributed by atoms with Gasteiger partial charge in [0.2, 0.25) is 5.75 Å². The Balaban J connectivity index is 1.66. The second-order valence-electron chi connectivity index (χ2n) is 7.53. The second-order valence-corrected chi connectivity index (χ2v) is 8.38. The van der Waals surface area contributed by atoms with Crippen molar-refractivity contribution < 1.29 is 33.6 Å². The van der Waals surface area contributed by atoms with E-state index in [1.165, 1.54) is 7.11 Å². The summed E-state index contributed by atoms with van der Waals surface area (Å²) in [6.45, 7) is 0. The molecule has 37 heavy (non-hydrogen) atoms. The predicted molar refractivity (Wildman–Crippen MR) is 136 cm³/mol. The van der Waals surface area contributed by atoms with Gasteiger partial charge in [-0.1, -0.05) is 0 Å². The molecule has 0 amide bonds. The summed E-state index contributed by atoms with van der Waals surface area (Å²) in [6, 6.07) is 13.3. The number of carbonyl (C=O) groups excluding carboxylic acids is 1. The summed E-state index contributed by atoms with van der Waals surface area (Å²) in [5.41, 5.74) is 0.509. The van der Waals surface area contributed by atoms with Gasteiger partial charge in [-0.3, -0.25) is 20.2 Å². The van der Waals surface area contributed by atoms with E-state index in [2.05, 4.69) is 15.9 Å². The number of rotatable bonds is 8. The average Bonchev–Trinajstić information content (AvgIpc) is 3.25. The largest absolute Gasteiger partial charge is 0.497 e. The lowest BCUT2D eigenvalue weighted by molar-refractivity contribution is -0.394. The Morgan fingerprint density at radius 1 is 0.919 bits per heavy atom. The zero-order valence-corrected chi connectivity index (χ0v) is 20.9. The number of non-ortho nitro benzene ring substituents is 1. The number of cyclic esters (lactones) is 1. The summed E-state index contributed by atoms with van der Waals surface area (Å²) in [4.78, 5) is 33.4. The molecule has 0 aromatic heterocycles. The van der Waals surface area contributed by atoms with Crippen LogP contribution in [0.2, 0.25) is 0 Å². The Labute approximate surface area is 218 Å². The van der Waals surface area contributed by atoms with Crippen molar-refractivity contribution in [2.24, 2.45) is 0 Å². The lowest BCUT2D eigenvalue weighted by atomic mass is 10.1. The zero-order chi connectivity index (χ0) is 26.7.